The Balaban J connectivity index is 1.88. The molecule has 8 heteroatoms. The molecule has 7 nitrogen and oxygen atoms in total. The smallest absolute Gasteiger partial charge is 0.324 e. The van der Waals surface area contributed by atoms with Crippen LogP contribution in [0, 0.1) is 30.9 Å². The van der Waals surface area contributed by atoms with E-state index in [0.29, 0.717) is 10.6 Å². The summed E-state index contributed by atoms with van der Waals surface area (Å²) in [5.41, 5.74) is 5.38. The van der Waals surface area contributed by atoms with Gasteiger partial charge in [-0.2, -0.15) is 5.10 Å². The van der Waals surface area contributed by atoms with Gasteiger partial charge in [-0.25, -0.2) is 5.43 Å². The number of carbonyl (C=O) groups excluding carboxylic acids is 1. The lowest BCUT2D eigenvalue weighted by molar-refractivity contribution is -0.380. The minimum absolute atomic E-state index is 0.0245. The topological polar surface area (TPSA) is 93.8 Å². The number of carbonyl (C=O) groups is 1. The molecule has 0 saturated carbocycles. The molecule has 24 heavy (non-hydrogen) atoms. The van der Waals surface area contributed by atoms with E-state index in [2.05, 4.69) is 10.5 Å². The van der Waals surface area contributed by atoms with Gasteiger partial charge < -0.3 is 4.74 Å². The summed E-state index contributed by atoms with van der Waals surface area (Å²) in [6.07, 6.45) is 1.36. The van der Waals surface area contributed by atoms with Crippen LogP contribution in [-0.4, -0.2) is 23.7 Å². The molecule has 1 aromatic carbocycles. The summed E-state index contributed by atoms with van der Waals surface area (Å²) >= 11 is 0.977. The molecule has 0 spiro atoms. The third-order valence-corrected chi connectivity index (χ3v) is 4.37. The summed E-state index contributed by atoms with van der Waals surface area (Å²) in [7, 11) is 0. The molecule has 0 aliphatic carbocycles. The van der Waals surface area contributed by atoms with Crippen molar-refractivity contribution in [1.82, 2.24) is 5.43 Å². The maximum atomic E-state index is 11.8. The monoisotopic (exact) mass is 347 g/mol. The van der Waals surface area contributed by atoms with Crippen LogP contribution < -0.4 is 10.2 Å². The molecule has 2 aromatic rings. The summed E-state index contributed by atoms with van der Waals surface area (Å²) in [6, 6.07) is 6.90. The Bertz CT molecular complexity index is 799. The van der Waals surface area contributed by atoms with E-state index in [1.807, 2.05) is 32.9 Å². The number of thiophene rings is 1. The van der Waals surface area contributed by atoms with Crippen LogP contribution >= 0.6 is 11.3 Å². The summed E-state index contributed by atoms with van der Waals surface area (Å²) in [6.45, 7) is 5.68. The molecule has 0 aliphatic rings. The highest BCUT2D eigenvalue weighted by Gasteiger charge is 2.10. The Kier molecular flexibility index (Phi) is 5.64. The van der Waals surface area contributed by atoms with Crippen LogP contribution in [0.3, 0.4) is 0 Å². The van der Waals surface area contributed by atoms with Gasteiger partial charge in [-0.05, 0) is 43.5 Å². The average molecular weight is 347 g/mol. The van der Waals surface area contributed by atoms with Gasteiger partial charge in [-0.3, -0.25) is 14.9 Å². The summed E-state index contributed by atoms with van der Waals surface area (Å²) in [5, 5.41) is 14.4. The molecule has 0 aliphatic heterocycles. The Morgan fingerprint density at radius 3 is 2.67 bits per heavy atom. The van der Waals surface area contributed by atoms with Crippen LogP contribution in [0.1, 0.15) is 21.6 Å². The first-order chi connectivity index (χ1) is 11.4. The maximum Gasteiger partial charge on any atom is 0.324 e. The van der Waals surface area contributed by atoms with E-state index >= 15 is 0 Å². The molecule has 126 valence electrons. The number of aryl methyl sites for hydroxylation is 2. The Morgan fingerprint density at radius 2 is 2.00 bits per heavy atom. The number of hydrogen-bond acceptors (Lipinski definition) is 6. The minimum Gasteiger partial charge on any atom is -0.483 e. The fourth-order valence-corrected chi connectivity index (χ4v) is 2.69. The number of nitrogens with one attached hydrogen (secondary N) is 1. The number of nitrogens with zero attached hydrogens (tertiary/aromatic N) is 2. The van der Waals surface area contributed by atoms with E-state index in [1.54, 1.807) is 6.07 Å². The van der Waals surface area contributed by atoms with Crippen LogP contribution in [-0.2, 0) is 4.79 Å². The van der Waals surface area contributed by atoms with Crippen LogP contribution in [0.25, 0.3) is 0 Å². The third-order valence-electron chi connectivity index (χ3n) is 3.39. The molecular formula is C16H17N3O4S. The van der Waals surface area contributed by atoms with Gasteiger partial charge in [0.15, 0.2) is 6.61 Å². The lowest BCUT2D eigenvalue weighted by Crippen LogP contribution is -2.25. The molecule has 0 saturated heterocycles. The number of benzene rings is 1. The molecule has 0 bridgehead atoms. The first kappa shape index (κ1) is 17.6. The maximum absolute atomic E-state index is 11.8. The molecule has 2 rings (SSSR count). The predicted octanol–water partition coefficient (Wildman–Crippen LogP) is 3.11. The fourth-order valence-electron chi connectivity index (χ4n) is 2.00. The lowest BCUT2D eigenvalue weighted by atomic mass is 10.1. The second-order valence-electron chi connectivity index (χ2n) is 5.17. The summed E-state index contributed by atoms with van der Waals surface area (Å²) in [4.78, 5) is 22.5. The van der Waals surface area contributed by atoms with Gasteiger partial charge in [0.25, 0.3) is 5.91 Å². The van der Waals surface area contributed by atoms with E-state index in [9.17, 15) is 14.9 Å². The SMILES string of the molecule is Cc1ccc(C)c(OCC(=O)NN=Cc2ccc([N+](=O)[O-])s2)c1C. The zero-order chi connectivity index (χ0) is 17.7. The first-order valence-corrected chi connectivity index (χ1v) is 7.96. The van der Waals surface area contributed by atoms with E-state index < -0.39 is 10.8 Å². The number of rotatable bonds is 6. The zero-order valence-corrected chi connectivity index (χ0v) is 14.3. The van der Waals surface area contributed by atoms with Crippen molar-refractivity contribution in [3.63, 3.8) is 0 Å². The first-order valence-electron chi connectivity index (χ1n) is 7.14. The van der Waals surface area contributed by atoms with E-state index in [0.717, 1.165) is 28.0 Å². The molecule has 1 amide bonds. The molecule has 1 aromatic heterocycles. The number of hydrazone groups is 1. The second-order valence-corrected chi connectivity index (χ2v) is 6.26. The largest absolute Gasteiger partial charge is 0.483 e. The summed E-state index contributed by atoms with van der Waals surface area (Å²) in [5.74, 6) is 0.292. The van der Waals surface area contributed by atoms with Crippen molar-refractivity contribution in [2.75, 3.05) is 6.61 Å². The second kappa shape index (κ2) is 7.69. The van der Waals surface area contributed by atoms with Crippen LogP contribution in [0.2, 0.25) is 0 Å². The normalized spacial score (nSPS) is 10.8. The standard InChI is InChI=1S/C16H17N3O4S/c1-10-4-5-11(2)16(12(10)3)23-9-14(20)18-17-8-13-6-7-15(24-13)19(21)22/h4-8H,9H2,1-3H3,(H,18,20). The average Bonchev–Trinajstić information content (AvgIpc) is 3.00. The van der Waals surface area contributed by atoms with Crippen molar-refractivity contribution < 1.29 is 14.5 Å². The third kappa shape index (κ3) is 4.39. The van der Waals surface area contributed by atoms with Gasteiger partial charge in [0.1, 0.15) is 5.75 Å². The van der Waals surface area contributed by atoms with Gasteiger partial charge in [0.2, 0.25) is 0 Å². The quantitative estimate of drug-likeness (QED) is 0.493. The molecule has 0 fully saturated rings. The summed E-state index contributed by atoms with van der Waals surface area (Å²) < 4.78 is 5.58. The number of amides is 1. The Labute approximate surface area is 143 Å². The van der Waals surface area contributed by atoms with Crippen LogP contribution in [0.15, 0.2) is 29.4 Å². The Morgan fingerprint density at radius 1 is 1.29 bits per heavy atom. The van der Waals surface area contributed by atoms with Crippen molar-refractivity contribution in [3.8, 4) is 5.75 Å². The minimum atomic E-state index is -0.471. The molecule has 0 unspecified atom stereocenters. The highest BCUT2D eigenvalue weighted by Crippen LogP contribution is 2.25. The van der Waals surface area contributed by atoms with Crippen molar-refractivity contribution in [2.45, 2.75) is 20.8 Å². The predicted molar refractivity (Wildman–Crippen MR) is 92.9 cm³/mol. The van der Waals surface area contributed by atoms with Gasteiger partial charge in [-0.1, -0.05) is 23.5 Å². The number of hydrogen-bond donors (Lipinski definition) is 1. The van der Waals surface area contributed by atoms with Crippen molar-refractivity contribution in [2.24, 2.45) is 5.10 Å². The van der Waals surface area contributed by atoms with Gasteiger partial charge >= 0.3 is 5.00 Å². The molecule has 0 atom stereocenters. The van der Waals surface area contributed by atoms with E-state index in [-0.39, 0.29) is 11.6 Å². The van der Waals surface area contributed by atoms with E-state index in [1.165, 1.54) is 12.3 Å². The molecule has 0 radical (unpaired) electrons. The van der Waals surface area contributed by atoms with Crippen LogP contribution in [0.4, 0.5) is 5.00 Å². The van der Waals surface area contributed by atoms with Gasteiger partial charge in [0.05, 0.1) is 16.0 Å². The zero-order valence-electron chi connectivity index (χ0n) is 13.5. The van der Waals surface area contributed by atoms with Gasteiger partial charge in [-0.15, -0.1) is 0 Å². The van der Waals surface area contributed by atoms with E-state index in [4.69, 9.17) is 4.74 Å². The van der Waals surface area contributed by atoms with Crippen molar-refractivity contribution in [1.29, 1.82) is 0 Å². The van der Waals surface area contributed by atoms with Gasteiger partial charge in [0, 0.05) is 6.07 Å². The highest BCUT2D eigenvalue weighted by atomic mass is 32.1. The Hall–Kier alpha value is -2.74. The van der Waals surface area contributed by atoms with Crippen LogP contribution in [0.5, 0.6) is 5.75 Å². The molecule has 1 N–H and O–H groups in total. The molecular weight excluding hydrogens is 330 g/mol. The fraction of sp³-hybridized carbons (Fsp3) is 0.250. The van der Waals surface area contributed by atoms with Crippen molar-refractivity contribution in [3.05, 3.63) is 55.9 Å². The molecule has 1 heterocycles. The number of ether oxygens (including phenoxy) is 1. The number of nitro groups is 1. The highest BCUT2D eigenvalue weighted by molar-refractivity contribution is 7.16. The van der Waals surface area contributed by atoms with Crippen molar-refractivity contribution >= 4 is 28.5 Å². The lowest BCUT2D eigenvalue weighted by Gasteiger charge is -2.13.